The first-order valence-electron chi connectivity index (χ1n) is 12.2. The van der Waals surface area contributed by atoms with Crippen LogP contribution < -0.4 is 43.8 Å². The number of aliphatic hydroxyl groups excluding tert-OH is 1. The topological polar surface area (TPSA) is 331 Å². The van der Waals surface area contributed by atoms with Gasteiger partial charge in [0.05, 0.1) is 25.6 Å². The maximum absolute atomic E-state index is 12.9. The number of guanidine groups is 1. The predicted molar refractivity (Wildman–Crippen MR) is 153 cm³/mol. The lowest BCUT2D eigenvalue weighted by Gasteiger charge is -2.23. The third-order valence-electron chi connectivity index (χ3n) is 5.18. The normalized spacial score (nSPS) is 14.1. The maximum atomic E-state index is 12.9. The quantitative estimate of drug-likeness (QED) is 0.0255. The molecule has 0 aliphatic carbocycles. The molecular weight excluding hydrogens is 602 g/mol. The summed E-state index contributed by atoms with van der Waals surface area (Å²) >= 11 is 7.95. The Balaban J connectivity index is 5.48. The molecule has 5 atom stereocenters. The SMILES string of the molecule is NC(N)=NCCC[C@H](NC(=O)[C@H](CS)NC(=O)[C@@H](N)CS)C(=O)NCC(=O)N[C@@H](CC(=O)O)C(=O)N[C@@H](CO)C(=O)O. The van der Waals surface area contributed by atoms with Gasteiger partial charge in [0.15, 0.2) is 5.96 Å². The fourth-order valence-electron chi connectivity index (χ4n) is 2.98. The van der Waals surface area contributed by atoms with Gasteiger partial charge in [-0.3, -0.25) is 33.8 Å². The number of aliphatic carboxylic acids is 2. The van der Waals surface area contributed by atoms with E-state index in [1.54, 1.807) is 0 Å². The fraction of sp³-hybridized carbons (Fsp3) is 0.619. The Morgan fingerprint density at radius 2 is 1.33 bits per heavy atom. The monoisotopic (exact) mass is 639 g/mol. The minimum absolute atomic E-state index is 0.00118. The summed E-state index contributed by atoms with van der Waals surface area (Å²) in [6.45, 7) is -1.70. The molecular formula is C21H37N9O10S2. The van der Waals surface area contributed by atoms with Crippen LogP contribution in [0.5, 0.6) is 0 Å². The number of nitrogens with two attached hydrogens (primary N) is 3. The van der Waals surface area contributed by atoms with Crippen LogP contribution in [0.2, 0.25) is 0 Å². The highest BCUT2D eigenvalue weighted by Crippen LogP contribution is 2.02. The molecule has 0 aliphatic heterocycles. The summed E-state index contributed by atoms with van der Waals surface area (Å²) in [5.41, 5.74) is 16.1. The molecule has 238 valence electrons. The summed E-state index contributed by atoms with van der Waals surface area (Å²) in [6, 6.07) is -6.97. The number of hydrogen-bond acceptors (Lipinski definition) is 12. The number of carboxylic acid groups (broad SMARTS) is 2. The van der Waals surface area contributed by atoms with E-state index in [2.05, 4.69) is 51.5 Å². The molecule has 0 rings (SSSR count). The van der Waals surface area contributed by atoms with Crippen molar-refractivity contribution in [3.63, 3.8) is 0 Å². The van der Waals surface area contributed by atoms with Crippen molar-refractivity contribution in [1.82, 2.24) is 26.6 Å². The molecule has 42 heavy (non-hydrogen) atoms. The maximum Gasteiger partial charge on any atom is 0.328 e. The predicted octanol–water partition coefficient (Wildman–Crippen LogP) is -6.17. The molecule has 0 saturated heterocycles. The van der Waals surface area contributed by atoms with Crippen LogP contribution in [-0.4, -0.2) is 124 Å². The number of rotatable bonds is 20. The number of carbonyl (C=O) groups is 7. The number of hydrogen-bond donors (Lipinski definition) is 13. The van der Waals surface area contributed by atoms with Crippen molar-refractivity contribution in [2.24, 2.45) is 22.2 Å². The Bertz CT molecular complexity index is 1010. The van der Waals surface area contributed by atoms with E-state index < -0.39 is 91.3 Å². The molecule has 0 aliphatic rings. The Morgan fingerprint density at radius 1 is 0.762 bits per heavy atom. The van der Waals surface area contributed by atoms with E-state index >= 15 is 0 Å². The number of nitrogens with zero attached hydrogens (tertiary/aromatic N) is 1. The summed E-state index contributed by atoms with van der Waals surface area (Å²) in [4.78, 5) is 88.4. The van der Waals surface area contributed by atoms with Gasteiger partial charge in [0.2, 0.25) is 29.5 Å². The highest BCUT2D eigenvalue weighted by atomic mass is 32.1. The standard InChI is InChI=1S/C21H37N9O10S2/c22-9(7-41)16(35)30-13(8-42)19(38)28-10(2-1-3-25-21(23)24)17(36)26-5-14(32)27-11(4-15(33)34)18(37)29-12(6-31)20(39)40/h9-13,31,41-42H,1-8,22H2,(H,26,36)(H,27,32)(H,28,38)(H,29,37)(H,30,35)(H,33,34)(H,39,40)(H4,23,24,25)/t9-,10-,11-,12-,13-/m0/s1. The van der Waals surface area contributed by atoms with Gasteiger partial charge in [0.1, 0.15) is 24.2 Å². The second kappa shape index (κ2) is 20.1. The van der Waals surface area contributed by atoms with Crippen molar-refractivity contribution >= 4 is 72.7 Å². The van der Waals surface area contributed by atoms with Gasteiger partial charge in [-0.1, -0.05) is 0 Å². The highest BCUT2D eigenvalue weighted by molar-refractivity contribution is 7.80. The third-order valence-corrected chi connectivity index (χ3v) is 5.94. The molecule has 0 aromatic rings. The number of carbonyl (C=O) groups excluding carboxylic acids is 5. The highest BCUT2D eigenvalue weighted by Gasteiger charge is 2.30. The van der Waals surface area contributed by atoms with Crippen LogP contribution in [0.4, 0.5) is 0 Å². The summed E-state index contributed by atoms with van der Waals surface area (Å²) < 4.78 is 0. The summed E-state index contributed by atoms with van der Waals surface area (Å²) in [6.07, 6.45) is -0.775. The third kappa shape index (κ3) is 15.3. The van der Waals surface area contributed by atoms with Gasteiger partial charge in [0.25, 0.3) is 0 Å². The van der Waals surface area contributed by atoms with Crippen molar-refractivity contribution in [1.29, 1.82) is 0 Å². The van der Waals surface area contributed by atoms with Crippen LogP contribution in [0, 0.1) is 0 Å². The van der Waals surface area contributed by atoms with Crippen LogP contribution in [0.3, 0.4) is 0 Å². The average molecular weight is 640 g/mol. The molecule has 5 amide bonds. The van der Waals surface area contributed by atoms with E-state index in [4.69, 9.17) is 32.5 Å². The van der Waals surface area contributed by atoms with Gasteiger partial charge in [0, 0.05) is 18.1 Å². The summed E-state index contributed by atoms with van der Waals surface area (Å²) in [7, 11) is 0. The Labute approximate surface area is 251 Å². The zero-order valence-corrected chi connectivity index (χ0v) is 24.1. The van der Waals surface area contributed by atoms with Crippen LogP contribution >= 0.6 is 25.3 Å². The summed E-state index contributed by atoms with van der Waals surface area (Å²) in [5, 5.41) is 38.0. The molecule has 14 N–H and O–H groups in total. The van der Waals surface area contributed by atoms with Crippen molar-refractivity contribution in [3.05, 3.63) is 0 Å². The molecule has 0 spiro atoms. The number of thiol groups is 2. The van der Waals surface area contributed by atoms with Crippen molar-refractivity contribution in [2.75, 3.05) is 31.2 Å². The molecule has 21 heteroatoms. The molecule has 0 radical (unpaired) electrons. The van der Waals surface area contributed by atoms with E-state index in [0.29, 0.717) is 0 Å². The number of aliphatic imine (C=N–C) groups is 1. The first-order chi connectivity index (χ1) is 19.7. The van der Waals surface area contributed by atoms with E-state index in [1.165, 1.54) is 0 Å². The lowest BCUT2D eigenvalue weighted by atomic mass is 10.1. The van der Waals surface area contributed by atoms with Crippen molar-refractivity contribution in [2.45, 2.75) is 49.5 Å². The number of carboxylic acids is 2. The van der Waals surface area contributed by atoms with Crippen molar-refractivity contribution < 1.29 is 48.9 Å². The smallest absolute Gasteiger partial charge is 0.328 e. The molecule has 0 aromatic carbocycles. The van der Waals surface area contributed by atoms with Crippen LogP contribution in [-0.2, 0) is 33.6 Å². The van der Waals surface area contributed by atoms with Crippen LogP contribution in [0.25, 0.3) is 0 Å². The molecule has 0 bridgehead atoms. The first kappa shape index (κ1) is 38.2. The molecule has 0 saturated carbocycles. The van der Waals surface area contributed by atoms with Gasteiger partial charge >= 0.3 is 11.9 Å². The molecule has 19 nitrogen and oxygen atoms in total. The van der Waals surface area contributed by atoms with Crippen molar-refractivity contribution in [3.8, 4) is 0 Å². The Hall–Kier alpha value is -3.82. The second-order valence-electron chi connectivity index (χ2n) is 8.56. The van der Waals surface area contributed by atoms with Gasteiger partial charge in [-0.25, -0.2) is 4.79 Å². The number of amides is 5. The zero-order chi connectivity index (χ0) is 32.4. The van der Waals surface area contributed by atoms with E-state index in [9.17, 15) is 33.6 Å². The van der Waals surface area contributed by atoms with Crippen LogP contribution in [0.15, 0.2) is 4.99 Å². The van der Waals surface area contributed by atoms with E-state index in [0.717, 1.165) is 0 Å². The zero-order valence-electron chi connectivity index (χ0n) is 22.3. The summed E-state index contributed by atoms with van der Waals surface area (Å²) in [5.74, 6) is -8.07. The second-order valence-corrected chi connectivity index (χ2v) is 9.29. The first-order valence-corrected chi connectivity index (χ1v) is 13.5. The fourth-order valence-corrected chi connectivity index (χ4v) is 3.40. The van der Waals surface area contributed by atoms with E-state index in [-0.39, 0.29) is 36.9 Å². The minimum Gasteiger partial charge on any atom is -0.481 e. The largest absolute Gasteiger partial charge is 0.481 e. The number of nitrogens with one attached hydrogen (secondary N) is 5. The van der Waals surface area contributed by atoms with Gasteiger partial charge in [-0.2, -0.15) is 25.3 Å². The lowest BCUT2D eigenvalue weighted by molar-refractivity contribution is -0.144. The Kier molecular flexibility index (Phi) is 18.3. The van der Waals surface area contributed by atoms with Gasteiger partial charge in [-0.15, -0.1) is 0 Å². The van der Waals surface area contributed by atoms with Gasteiger partial charge in [-0.05, 0) is 12.8 Å². The van der Waals surface area contributed by atoms with Gasteiger partial charge < -0.3 is 59.1 Å². The Morgan fingerprint density at radius 3 is 1.83 bits per heavy atom. The molecule has 0 unspecified atom stereocenters. The van der Waals surface area contributed by atoms with E-state index in [1.807, 2.05) is 5.32 Å². The molecule has 0 heterocycles. The van der Waals surface area contributed by atoms with Crippen LogP contribution in [0.1, 0.15) is 19.3 Å². The molecule has 0 aromatic heterocycles. The average Bonchev–Trinajstić information content (AvgIpc) is 2.92. The lowest BCUT2D eigenvalue weighted by Crippen LogP contribution is -2.57. The molecule has 0 fully saturated rings. The number of aliphatic hydroxyl groups is 1. The minimum atomic E-state index is -1.76.